The van der Waals surface area contributed by atoms with Gasteiger partial charge in [0.05, 0.1) is 13.0 Å². The minimum Gasteiger partial charge on any atom is -0.481 e. The van der Waals surface area contributed by atoms with Crippen LogP contribution in [0.2, 0.25) is 0 Å². The van der Waals surface area contributed by atoms with E-state index >= 15 is 0 Å². The van der Waals surface area contributed by atoms with Crippen molar-refractivity contribution in [3.8, 4) is 0 Å². The molecule has 0 saturated carbocycles. The molecule has 0 aromatic heterocycles. The Morgan fingerprint density at radius 1 is 1.35 bits per heavy atom. The highest BCUT2D eigenvalue weighted by Crippen LogP contribution is 2.22. The average molecular weight is 245 g/mol. The van der Waals surface area contributed by atoms with Crippen molar-refractivity contribution in [3.63, 3.8) is 0 Å². The number of nitrogens with zero attached hydrogens (tertiary/aromatic N) is 1. The molecule has 0 aliphatic heterocycles. The lowest BCUT2D eigenvalue weighted by Gasteiger charge is -2.43. The third kappa shape index (κ3) is 6.03. The van der Waals surface area contributed by atoms with Crippen molar-refractivity contribution in [2.75, 3.05) is 20.3 Å². The quantitative estimate of drug-likeness (QED) is 0.747. The lowest BCUT2D eigenvalue weighted by atomic mass is 9.96. The van der Waals surface area contributed by atoms with E-state index in [9.17, 15) is 4.79 Å². The fraction of sp³-hybridized carbons (Fsp3) is 0.923. The van der Waals surface area contributed by atoms with E-state index in [1.165, 1.54) is 0 Å². The van der Waals surface area contributed by atoms with Gasteiger partial charge in [-0.15, -0.1) is 0 Å². The molecule has 4 nitrogen and oxygen atoms in total. The zero-order chi connectivity index (χ0) is 13.6. The van der Waals surface area contributed by atoms with E-state index in [4.69, 9.17) is 9.84 Å². The lowest BCUT2D eigenvalue weighted by Crippen LogP contribution is -2.52. The molecule has 1 N–H and O–H groups in total. The first kappa shape index (κ1) is 16.4. The van der Waals surface area contributed by atoms with Crippen LogP contribution >= 0.6 is 0 Å². The summed E-state index contributed by atoms with van der Waals surface area (Å²) in [6.45, 7) is 11.8. The molecule has 1 unspecified atom stereocenters. The van der Waals surface area contributed by atoms with Gasteiger partial charge in [0.1, 0.15) is 0 Å². The zero-order valence-electron chi connectivity index (χ0n) is 12.0. The molecule has 4 heteroatoms. The Hall–Kier alpha value is -0.610. The average Bonchev–Trinajstić information content (AvgIpc) is 2.13. The van der Waals surface area contributed by atoms with Gasteiger partial charge in [-0.1, -0.05) is 13.8 Å². The molecule has 0 spiro atoms. The monoisotopic (exact) mass is 245 g/mol. The van der Waals surface area contributed by atoms with Gasteiger partial charge in [0.2, 0.25) is 0 Å². The van der Waals surface area contributed by atoms with Crippen molar-refractivity contribution in [2.45, 2.75) is 52.6 Å². The highest BCUT2D eigenvalue weighted by atomic mass is 16.5. The van der Waals surface area contributed by atoms with Crippen molar-refractivity contribution in [1.82, 2.24) is 4.90 Å². The Morgan fingerprint density at radius 3 is 2.18 bits per heavy atom. The molecule has 0 rings (SSSR count). The summed E-state index contributed by atoms with van der Waals surface area (Å²) in [6, 6.07) is 0.249. The number of rotatable bonds is 7. The smallest absolute Gasteiger partial charge is 0.304 e. The number of hydrogen-bond acceptors (Lipinski definition) is 3. The summed E-state index contributed by atoms with van der Waals surface area (Å²) in [5.74, 6) is -0.317. The summed E-state index contributed by atoms with van der Waals surface area (Å²) in [7, 11) is 1.69. The minimum atomic E-state index is -0.751. The summed E-state index contributed by atoms with van der Waals surface area (Å²) < 4.78 is 5.26. The largest absolute Gasteiger partial charge is 0.481 e. The Bertz CT molecular complexity index is 233. The van der Waals surface area contributed by atoms with Gasteiger partial charge in [-0.25, -0.2) is 0 Å². The normalized spacial score (nSPS) is 14.4. The summed E-state index contributed by atoms with van der Waals surface area (Å²) >= 11 is 0. The Morgan fingerprint density at radius 2 is 1.88 bits per heavy atom. The van der Waals surface area contributed by atoms with E-state index in [1.807, 2.05) is 0 Å². The summed E-state index contributed by atoms with van der Waals surface area (Å²) in [5, 5.41) is 8.82. The topological polar surface area (TPSA) is 49.8 Å². The van der Waals surface area contributed by atoms with E-state index in [0.717, 1.165) is 0 Å². The van der Waals surface area contributed by atoms with E-state index in [-0.39, 0.29) is 18.0 Å². The van der Waals surface area contributed by atoms with Crippen molar-refractivity contribution >= 4 is 5.97 Å². The first-order valence-electron chi connectivity index (χ1n) is 6.17. The van der Waals surface area contributed by atoms with Crippen LogP contribution in [-0.2, 0) is 9.53 Å². The highest BCUT2D eigenvalue weighted by molar-refractivity contribution is 5.66. The third-order valence-electron chi connectivity index (χ3n) is 2.94. The van der Waals surface area contributed by atoms with Gasteiger partial charge in [0.25, 0.3) is 0 Å². The van der Waals surface area contributed by atoms with Gasteiger partial charge in [-0.2, -0.15) is 0 Å². The second-order valence-electron chi connectivity index (χ2n) is 5.77. The molecule has 17 heavy (non-hydrogen) atoms. The molecule has 0 saturated heterocycles. The Kier molecular flexibility index (Phi) is 6.72. The van der Waals surface area contributed by atoms with Crippen molar-refractivity contribution in [3.05, 3.63) is 0 Å². The molecule has 0 aliphatic rings. The lowest BCUT2D eigenvalue weighted by molar-refractivity contribution is -0.138. The van der Waals surface area contributed by atoms with Crippen LogP contribution in [0.4, 0.5) is 0 Å². The highest BCUT2D eigenvalue weighted by Gasteiger charge is 2.30. The summed E-state index contributed by atoms with van der Waals surface area (Å²) in [6.07, 6.45) is 0.171. The zero-order valence-corrected chi connectivity index (χ0v) is 12.0. The predicted molar refractivity (Wildman–Crippen MR) is 69.2 cm³/mol. The molecule has 0 bridgehead atoms. The molecular formula is C13H27NO3. The molecule has 0 aliphatic carbocycles. The van der Waals surface area contributed by atoms with Crippen LogP contribution in [0.25, 0.3) is 0 Å². The molecular weight excluding hydrogens is 218 g/mol. The molecule has 0 fully saturated rings. The van der Waals surface area contributed by atoms with Crippen LogP contribution in [0, 0.1) is 5.92 Å². The van der Waals surface area contributed by atoms with Crippen LogP contribution in [0.15, 0.2) is 0 Å². The maximum absolute atomic E-state index is 10.7. The Labute approximate surface area is 105 Å². The van der Waals surface area contributed by atoms with E-state index < -0.39 is 5.97 Å². The van der Waals surface area contributed by atoms with E-state index in [2.05, 4.69) is 39.5 Å². The van der Waals surface area contributed by atoms with E-state index in [1.54, 1.807) is 7.11 Å². The molecule has 0 heterocycles. The third-order valence-corrected chi connectivity index (χ3v) is 2.94. The molecule has 0 aromatic carbocycles. The predicted octanol–water partition coefficient (Wildman–Crippen LogP) is 2.23. The van der Waals surface area contributed by atoms with Crippen LogP contribution in [0.3, 0.4) is 0 Å². The van der Waals surface area contributed by atoms with Gasteiger partial charge in [0, 0.05) is 25.2 Å². The maximum atomic E-state index is 10.7. The standard InChI is InChI=1S/C13H27NO3/c1-10(2)11(9-17-6)14(13(3,4)5)8-7-12(15)16/h10-11H,7-9H2,1-6H3,(H,15,16). The number of carboxylic acid groups (broad SMARTS) is 1. The number of carboxylic acids is 1. The molecule has 0 aromatic rings. The number of aliphatic carboxylic acids is 1. The van der Waals surface area contributed by atoms with Gasteiger partial charge < -0.3 is 9.84 Å². The van der Waals surface area contributed by atoms with Crippen LogP contribution in [-0.4, -0.2) is 47.8 Å². The SMILES string of the molecule is COCC(C(C)C)N(CCC(=O)O)C(C)(C)C. The number of hydrogen-bond donors (Lipinski definition) is 1. The van der Waals surface area contributed by atoms with Gasteiger partial charge in [0.15, 0.2) is 0 Å². The summed E-state index contributed by atoms with van der Waals surface area (Å²) in [4.78, 5) is 13.0. The summed E-state index contributed by atoms with van der Waals surface area (Å²) in [5.41, 5.74) is -0.0527. The molecule has 102 valence electrons. The van der Waals surface area contributed by atoms with Gasteiger partial charge >= 0.3 is 5.97 Å². The van der Waals surface area contributed by atoms with Crippen molar-refractivity contribution in [2.24, 2.45) is 5.92 Å². The second-order valence-corrected chi connectivity index (χ2v) is 5.77. The van der Waals surface area contributed by atoms with Crippen molar-refractivity contribution in [1.29, 1.82) is 0 Å². The first-order valence-corrected chi connectivity index (χ1v) is 6.17. The van der Waals surface area contributed by atoms with Gasteiger partial charge in [-0.3, -0.25) is 9.69 Å². The van der Waals surface area contributed by atoms with E-state index in [0.29, 0.717) is 19.1 Å². The molecule has 1 atom stereocenters. The Balaban J connectivity index is 4.79. The fourth-order valence-electron chi connectivity index (χ4n) is 2.03. The van der Waals surface area contributed by atoms with Crippen molar-refractivity contribution < 1.29 is 14.6 Å². The van der Waals surface area contributed by atoms with Crippen LogP contribution < -0.4 is 0 Å². The minimum absolute atomic E-state index is 0.0527. The number of ether oxygens (including phenoxy) is 1. The van der Waals surface area contributed by atoms with Crippen LogP contribution in [0.1, 0.15) is 41.0 Å². The first-order chi connectivity index (χ1) is 7.70. The van der Waals surface area contributed by atoms with Crippen LogP contribution in [0.5, 0.6) is 0 Å². The number of carbonyl (C=O) groups is 1. The van der Waals surface area contributed by atoms with Gasteiger partial charge in [-0.05, 0) is 26.7 Å². The second kappa shape index (κ2) is 6.97. The number of methoxy groups -OCH3 is 1. The fourth-order valence-corrected chi connectivity index (χ4v) is 2.03. The maximum Gasteiger partial charge on any atom is 0.304 e. The molecule has 0 radical (unpaired) electrons. The molecule has 0 amide bonds.